The Hall–Kier alpha value is -2.96. The van der Waals surface area contributed by atoms with Gasteiger partial charge in [-0.25, -0.2) is 9.82 Å². The molecular formula is C17H16FN3O3. The van der Waals surface area contributed by atoms with Gasteiger partial charge in [0.15, 0.2) is 0 Å². The normalized spacial score (nSPS) is 13.7. The molecule has 0 fully saturated rings. The SMILES string of the molecule is O=C(N/N=C\c1ccccc1F)c1c(O)c2c([nH]c1=O)CCCC2. The van der Waals surface area contributed by atoms with Gasteiger partial charge < -0.3 is 10.1 Å². The second kappa shape index (κ2) is 6.66. The van der Waals surface area contributed by atoms with Crippen LogP contribution in [-0.4, -0.2) is 22.2 Å². The van der Waals surface area contributed by atoms with E-state index < -0.39 is 17.3 Å². The summed E-state index contributed by atoms with van der Waals surface area (Å²) in [5.74, 6) is -1.62. The number of amides is 1. The number of aromatic hydroxyl groups is 1. The van der Waals surface area contributed by atoms with Gasteiger partial charge in [-0.2, -0.15) is 5.10 Å². The van der Waals surface area contributed by atoms with Crippen molar-refractivity contribution in [2.24, 2.45) is 5.10 Å². The Morgan fingerprint density at radius 1 is 1.29 bits per heavy atom. The quantitative estimate of drug-likeness (QED) is 0.592. The third kappa shape index (κ3) is 3.05. The molecule has 1 aliphatic rings. The highest BCUT2D eigenvalue weighted by molar-refractivity contribution is 5.97. The van der Waals surface area contributed by atoms with Crippen LogP contribution in [0.25, 0.3) is 0 Å². The number of carbonyl (C=O) groups is 1. The topological polar surface area (TPSA) is 94.5 Å². The van der Waals surface area contributed by atoms with Crippen molar-refractivity contribution in [3.8, 4) is 5.75 Å². The van der Waals surface area contributed by atoms with Gasteiger partial charge in [-0.1, -0.05) is 18.2 Å². The van der Waals surface area contributed by atoms with Gasteiger partial charge in [0.25, 0.3) is 11.5 Å². The first-order valence-electron chi connectivity index (χ1n) is 7.63. The average Bonchev–Trinajstić information content (AvgIpc) is 2.56. The molecule has 6 nitrogen and oxygen atoms in total. The number of nitrogens with zero attached hydrogens (tertiary/aromatic N) is 1. The molecule has 1 heterocycles. The summed E-state index contributed by atoms with van der Waals surface area (Å²) >= 11 is 0. The van der Waals surface area contributed by atoms with Crippen LogP contribution in [0.15, 0.2) is 34.2 Å². The Balaban J connectivity index is 1.83. The van der Waals surface area contributed by atoms with Gasteiger partial charge in [0.05, 0.1) is 6.21 Å². The number of carbonyl (C=O) groups excluding carboxylic acids is 1. The van der Waals surface area contributed by atoms with Crippen LogP contribution < -0.4 is 11.0 Å². The van der Waals surface area contributed by atoms with E-state index in [4.69, 9.17) is 0 Å². The number of fused-ring (bicyclic) bond motifs is 1. The number of aromatic amines is 1. The maximum absolute atomic E-state index is 13.5. The lowest BCUT2D eigenvalue weighted by Gasteiger charge is -2.17. The predicted molar refractivity (Wildman–Crippen MR) is 86.8 cm³/mol. The molecule has 0 aliphatic heterocycles. The van der Waals surface area contributed by atoms with Crippen LogP contribution in [-0.2, 0) is 12.8 Å². The zero-order chi connectivity index (χ0) is 17.1. The van der Waals surface area contributed by atoms with E-state index in [1.807, 2.05) is 0 Å². The van der Waals surface area contributed by atoms with Crippen LogP contribution in [0.1, 0.15) is 40.0 Å². The molecule has 2 aromatic rings. The van der Waals surface area contributed by atoms with E-state index in [0.29, 0.717) is 24.1 Å². The molecule has 24 heavy (non-hydrogen) atoms. The van der Waals surface area contributed by atoms with Crippen LogP contribution in [0.4, 0.5) is 4.39 Å². The Bertz CT molecular complexity index is 874. The van der Waals surface area contributed by atoms with Gasteiger partial charge >= 0.3 is 0 Å². The predicted octanol–water partition coefficient (Wildman–Crippen LogP) is 1.86. The molecule has 0 unspecified atom stereocenters. The zero-order valence-corrected chi connectivity index (χ0v) is 12.8. The number of hydrazone groups is 1. The minimum atomic E-state index is -0.838. The Morgan fingerprint density at radius 3 is 2.83 bits per heavy atom. The van der Waals surface area contributed by atoms with Gasteiger partial charge in [0, 0.05) is 16.8 Å². The van der Waals surface area contributed by atoms with E-state index in [1.54, 1.807) is 6.07 Å². The number of nitrogens with one attached hydrogen (secondary N) is 2. The minimum Gasteiger partial charge on any atom is -0.507 e. The minimum absolute atomic E-state index is 0.196. The summed E-state index contributed by atoms with van der Waals surface area (Å²) in [7, 11) is 0. The van der Waals surface area contributed by atoms with E-state index in [9.17, 15) is 19.1 Å². The van der Waals surface area contributed by atoms with Crippen LogP contribution in [0.2, 0.25) is 0 Å². The average molecular weight is 329 g/mol. The number of halogens is 1. The molecule has 0 radical (unpaired) electrons. The number of pyridine rings is 1. The lowest BCUT2D eigenvalue weighted by molar-refractivity contribution is 0.0950. The van der Waals surface area contributed by atoms with Crippen LogP contribution in [0, 0.1) is 5.82 Å². The fraction of sp³-hybridized carbons (Fsp3) is 0.235. The highest BCUT2D eigenvalue weighted by Gasteiger charge is 2.23. The van der Waals surface area contributed by atoms with E-state index in [1.165, 1.54) is 18.2 Å². The lowest BCUT2D eigenvalue weighted by Crippen LogP contribution is -2.29. The molecule has 1 aliphatic carbocycles. The zero-order valence-electron chi connectivity index (χ0n) is 12.8. The van der Waals surface area contributed by atoms with E-state index in [2.05, 4.69) is 15.5 Å². The molecule has 7 heteroatoms. The van der Waals surface area contributed by atoms with Crippen molar-refractivity contribution in [2.45, 2.75) is 25.7 Å². The van der Waals surface area contributed by atoms with E-state index in [-0.39, 0.29) is 16.9 Å². The highest BCUT2D eigenvalue weighted by atomic mass is 19.1. The Kier molecular flexibility index (Phi) is 4.41. The monoisotopic (exact) mass is 329 g/mol. The third-order valence-corrected chi connectivity index (χ3v) is 3.98. The van der Waals surface area contributed by atoms with Crippen molar-refractivity contribution in [3.63, 3.8) is 0 Å². The summed E-state index contributed by atoms with van der Waals surface area (Å²) < 4.78 is 13.5. The molecule has 0 atom stereocenters. The molecule has 3 N–H and O–H groups in total. The molecule has 124 valence electrons. The molecular weight excluding hydrogens is 313 g/mol. The highest BCUT2D eigenvalue weighted by Crippen LogP contribution is 2.28. The van der Waals surface area contributed by atoms with E-state index in [0.717, 1.165) is 19.1 Å². The Morgan fingerprint density at radius 2 is 2.04 bits per heavy atom. The first-order valence-corrected chi connectivity index (χ1v) is 7.63. The largest absolute Gasteiger partial charge is 0.507 e. The number of hydrogen-bond donors (Lipinski definition) is 3. The second-order valence-corrected chi connectivity index (χ2v) is 5.56. The molecule has 0 bridgehead atoms. The number of aryl methyl sites for hydroxylation is 1. The third-order valence-electron chi connectivity index (χ3n) is 3.98. The van der Waals surface area contributed by atoms with Crippen LogP contribution in [0.3, 0.4) is 0 Å². The standard InChI is InChI=1S/C17H16FN3O3/c18-12-7-3-1-5-10(12)9-19-21-17(24)14-15(22)11-6-2-4-8-13(11)20-16(14)23/h1,3,5,7,9H,2,4,6,8H2,(H,21,24)(H2,20,22,23)/b19-9-. The Labute approximate surface area is 137 Å². The number of H-pyrrole nitrogens is 1. The molecule has 1 aromatic carbocycles. The summed E-state index contributed by atoms with van der Waals surface area (Å²) in [6.45, 7) is 0. The van der Waals surface area contributed by atoms with Gasteiger partial charge in [0.1, 0.15) is 17.1 Å². The van der Waals surface area contributed by atoms with Crippen molar-refractivity contribution >= 4 is 12.1 Å². The molecule has 1 amide bonds. The van der Waals surface area contributed by atoms with Gasteiger partial charge in [-0.05, 0) is 31.7 Å². The summed E-state index contributed by atoms with van der Waals surface area (Å²) in [6, 6.07) is 5.93. The summed E-state index contributed by atoms with van der Waals surface area (Å²) in [5.41, 5.74) is 2.59. The van der Waals surface area contributed by atoms with Gasteiger partial charge in [-0.15, -0.1) is 0 Å². The molecule has 3 rings (SSSR count). The van der Waals surface area contributed by atoms with Gasteiger partial charge in [-0.3, -0.25) is 9.59 Å². The van der Waals surface area contributed by atoms with Crippen LogP contribution >= 0.6 is 0 Å². The number of rotatable bonds is 3. The van der Waals surface area contributed by atoms with Crippen molar-refractivity contribution in [3.05, 3.63) is 62.8 Å². The number of benzene rings is 1. The fourth-order valence-corrected chi connectivity index (χ4v) is 2.77. The van der Waals surface area contributed by atoms with Crippen molar-refractivity contribution in [1.82, 2.24) is 10.4 Å². The van der Waals surface area contributed by atoms with Crippen molar-refractivity contribution in [1.29, 1.82) is 0 Å². The first kappa shape index (κ1) is 15.9. The molecule has 1 aromatic heterocycles. The maximum Gasteiger partial charge on any atom is 0.280 e. The molecule has 0 saturated heterocycles. The van der Waals surface area contributed by atoms with Gasteiger partial charge in [0.2, 0.25) is 0 Å². The number of hydrogen-bond acceptors (Lipinski definition) is 4. The molecule has 0 saturated carbocycles. The number of aromatic nitrogens is 1. The van der Waals surface area contributed by atoms with Crippen molar-refractivity contribution in [2.75, 3.05) is 0 Å². The molecule has 0 spiro atoms. The van der Waals surface area contributed by atoms with Crippen molar-refractivity contribution < 1.29 is 14.3 Å². The maximum atomic E-state index is 13.5. The summed E-state index contributed by atoms with van der Waals surface area (Å²) in [6.07, 6.45) is 4.24. The van der Waals surface area contributed by atoms with Crippen LogP contribution in [0.5, 0.6) is 5.75 Å². The summed E-state index contributed by atoms with van der Waals surface area (Å²) in [4.78, 5) is 26.8. The summed E-state index contributed by atoms with van der Waals surface area (Å²) in [5, 5.41) is 13.9. The fourth-order valence-electron chi connectivity index (χ4n) is 2.77. The second-order valence-electron chi connectivity index (χ2n) is 5.56. The smallest absolute Gasteiger partial charge is 0.280 e. The first-order chi connectivity index (χ1) is 11.6. The lowest BCUT2D eigenvalue weighted by atomic mass is 9.94. The van der Waals surface area contributed by atoms with E-state index >= 15 is 0 Å².